The molecular formula is C24H23N3O5. The van der Waals surface area contributed by atoms with Gasteiger partial charge in [-0.05, 0) is 42.7 Å². The van der Waals surface area contributed by atoms with E-state index in [-0.39, 0.29) is 18.4 Å². The highest BCUT2D eigenvalue weighted by Crippen LogP contribution is 2.32. The molecule has 2 aliphatic heterocycles. The summed E-state index contributed by atoms with van der Waals surface area (Å²) in [4.78, 5) is 39.9. The number of urea groups is 1. The monoisotopic (exact) mass is 433 g/mol. The van der Waals surface area contributed by atoms with E-state index in [2.05, 4.69) is 23.6 Å². The van der Waals surface area contributed by atoms with Gasteiger partial charge in [0.1, 0.15) is 16.9 Å². The molecule has 2 N–H and O–H groups in total. The third-order valence-corrected chi connectivity index (χ3v) is 6.50. The zero-order chi connectivity index (χ0) is 22.6. The van der Waals surface area contributed by atoms with Gasteiger partial charge in [0.15, 0.2) is 5.54 Å². The topological polar surface area (TPSA) is 101 Å². The minimum atomic E-state index is -1.52. The van der Waals surface area contributed by atoms with E-state index in [1.165, 1.54) is 0 Å². The number of methoxy groups -OCH3 is 1. The van der Waals surface area contributed by atoms with Crippen molar-refractivity contribution in [1.29, 1.82) is 0 Å². The molecule has 0 spiro atoms. The Morgan fingerprint density at radius 1 is 1.25 bits per heavy atom. The molecule has 4 amide bonds. The van der Waals surface area contributed by atoms with Gasteiger partial charge in [0.25, 0.3) is 11.8 Å². The molecule has 8 heteroatoms. The van der Waals surface area contributed by atoms with Crippen molar-refractivity contribution in [3.05, 3.63) is 63.9 Å². The number of furan rings is 1. The highest BCUT2D eigenvalue weighted by molar-refractivity contribution is 6.08. The highest BCUT2D eigenvalue weighted by Gasteiger charge is 2.53. The average Bonchev–Trinajstić information content (AvgIpc) is 3.39. The average molecular weight is 433 g/mol. The summed E-state index contributed by atoms with van der Waals surface area (Å²) in [5, 5.41) is 5.92. The minimum Gasteiger partial charge on any atom is -0.497 e. The summed E-state index contributed by atoms with van der Waals surface area (Å²) in [5.74, 6) is 0.301. The Labute approximate surface area is 184 Å². The van der Waals surface area contributed by atoms with Crippen molar-refractivity contribution in [3.63, 3.8) is 0 Å². The van der Waals surface area contributed by atoms with Crippen LogP contribution in [-0.2, 0) is 16.9 Å². The number of allylic oxidation sites excluding steroid dienone is 2. The Bertz CT molecular complexity index is 1320. The van der Waals surface area contributed by atoms with Gasteiger partial charge < -0.3 is 19.4 Å². The molecule has 1 aromatic carbocycles. The van der Waals surface area contributed by atoms with Crippen LogP contribution in [-0.4, -0.2) is 36.4 Å². The molecule has 0 radical (unpaired) electrons. The van der Waals surface area contributed by atoms with Crippen molar-refractivity contribution >= 4 is 29.5 Å². The maximum absolute atomic E-state index is 13.1. The third-order valence-electron chi connectivity index (χ3n) is 6.50. The Kier molecular flexibility index (Phi) is 4.47. The number of nitrogens with one attached hydrogen (secondary N) is 2. The maximum atomic E-state index is 13.1. The van der Waals surface area contributed by atoms with Crippen LogP contribution in [0.2, 0.25) is 0 Å². The van der Waals surface area contributed by atoms with Gasteiger partial charge in [0, 0.05) is 17.3 Å². The molecule has 8 nitrogen and oxygen atoms in total. The second-order valence-corrected chi connectivity index (χ2v) is 8.41. The number of fused-ring (bicyclic) bond motifs is 2. The molecule has 5 rings (SSSR count). The lowest BCUT2D eigenvalue weighted by atomic mass is 9.94. The van der Waals surface area contributed by atoms with Crippen molar-refractivity contribution < 1.29 is 23.5 Å². The second-order valence-electron chi connectivity index (χ2n) is 8.41. The summed E-state index contributed by atoms with van der Waals surface area (Å²) in [7, 11) is 1.54. The fraction of sp³-hybridized carbons (Fsp3) is 0.292. The van der Waals surface area contributed by atoms with Crippen LogP contribution < -0.4 is 26.0 Å². The summed E-state index contributed by atoms with van der Waals surface area (Å²) >= 11 is 0. The molecule has 0 bridgehead atoms. The predicted molar refractivity (Wildman–Crippen MR) is 116 cm³/mol. The van der Waals surface area contributed by atoms with E-state index in [1.807, 2.05) is 25.1 Å². The molecule has 1 fully saturated rings. The highest BCUT2D eigenvalue weighted by atomic mass is 16.5. The van der Waals surface area contributed by atoms with Crippen molar-refractivity contribution in [2.45, 2.75) is 25.9 Å². The Balaban J connectivity index is 1.58. The zero-order valence-electron chi connectivity index (χ0n) is 18.0. The third kappa shape index (κ3) is 2.94. The van der Waals surface area contributed by atoms with Crippen LogP contribution in [0, 0.1) is 5.92 Å². The van der Waals surface area contributed by atoms with Gasteiger partial charge in [-0.25, -0.2) is 4.79 Å². The molecule has 1 aliphatic carbocycles. The molecule has 1 aromatic heterocycles. The van der Waals surface area contributed by atoms with Crippen LogP contribution in [0.25, 0.3) is 11.6 Å². The first kappa shape index (κ1) is 20.1. The number of rotatable bonds is 4. The van der Waals surface area contributed by atoms with E-state index in [4.69, 9.17) is 9.15 Å². The van der Waals surface area contributed by atoms with Crippen molar-refractivity contribution in [3.8, 4) is 5.75 Å². The van der Waals surface area contributed by atoms with Crippen molar-refractivity contribution in [2.75, 3.05) is 13.7 Å². The maximum Gasteiger partial charge on any atom is 0.322 e. The molecular weight excluding hydrogens is 410 g/mol. The van der Waals surface area contributed by atoms with Gasteiger partial charge in [-0.1, -0.05) is 30.7 Å². The van der Waals surface area contributed by atoms with E-state index in [9.17, 15) is 14.4 Å². The summed E-state index contributed by atoms with van der Waals surface area (Å²) in [6, 6.07) is 6.50. The van der Waals surface area contributed by atoms with Gasteiger partial charge in [0.05, 0.1) is 13.7 Å². The minimum absolute atomic E-state index is 0.0583. The molecule has 1 saturated heterocycles. The van der Waals surface area contributed by atoms with E-state index in [0.29, 0.717) is 29.0 Å². The number of hydrogen-bond acceptors (Lipinski definition) is 5. The summed E-state index contributed by atoms with van der Waals surface area (Å²) in [6.45, 7) is 4.35. The number of carbonyl (C=O) groups is 3. The van der Waals surface area contributed by atoms with Crippen LogP contribution >= 0.6 is 0 Å². The number of hydrogen-bond donors (Lipinski definition) is 2. The molecule has 32 heavy (non-hydrogen) atoms. The number of benzene rings is 1. The smallest absolute Gasteiger partial charge is 0.322 e. The van der Waals surface area contributed by atoms with Crippen molar-refractivity contribution in [1.82, 2.24) is 15.5 Å². The summed E-state index contributed by atoms with van der Waals surface area (Å²) < 4.78 is 11.3. The Morgan fingerprint density at radius 2 is 2.06 bits per heavy atom. The van der Waals surface area contributed by atoms with Gasteiger partial charge >= 0.3 is 6.03 Å². The fourth-order valence-electron chi connectivity index (χ4n) is 4.48. The second kappa shape index (κ2) is 7.12. The number of amides is 4. The SMILES string of the molecule is COc1ccc2c(c1)C(=O)N(CC1(c3cc4c(o3)=CC=CC(C)C=4C)NC(=O)NC1=O)C2. The lowest BCUT2D eigenvalue weighted by Gasteiger charge is -2.29. The van der Waals surface area contributed by atoms with Gasteiger partial charge in [0.2, 0.25) is 0 Å². The molecule has 3 aliphatic rings. The number of imide groups is 1. The van der Waals surface area contributed by atoms with E-state index in [0.717, 1.165) is 16.4 Å². The number of carbonyl (C=O) groups excluding carboxylic acids is 3. The lowest BCUT2D eigenvalue weighted by Crippen LogP contribution is -2.52. The largest absolute Gasteiger partial charge is 0.497 e. The molecule has 0 saturated carbocycles. The van der Waals surface area contributed by atoms with Crippen molar-refractivity contribution in [2.24, 2.45) is 5.92 Å². The number of ether oxygens (including phenoxy) is 1. The lowest BCUT2D eigenvalue weighted by molar-refractivity contribution is -0.125. The predicted octanol–water partition coefficient (Wildman–Crippen LogP) is 1.14. The van der Waals surface area contributed by atoms with E-state index < -0.39 is 17.5 Å². The van der Waals surface area contributed by atoms with E-state index >= 15 is 0 Å². The summed E-state index contributed by atoms with van der Waals surface area (Å²) in [5.41, 5.74) is 1.55. The Morgan fingerprint density at radius 3 is 2.78 bits per heavy atom. The van der Waals surface area contributed by atoms with Gasteiger partial charge in [-0.2, -0.15) is 0 Å². The molecule has 2 atom stereocenters. The summed E-state index contributed by atoms with van der Waals surface area (Å²) in [6.07, 6.45) is 5.83. The van der Waals surface area contributed by atoms with Crippen LogP contribution in [0.15, 0.2) is 40.8 Å². The zero-order valence-corrected chi connectivity index (χ0v) is 18.0. The molecule has 2 unspecified atom stereocenters. The van der Waals surface area contributed by atoms with Gasteiger partial charge in [-0.3, -0.25) is 14.9 Å². The van der Waals surface area contributed by atoms with Crippen LogP contribution in [0.4, 0.5) is 4.79 Å². The quantitative estimate of drug-likeness (QED) is 0.705. The van der Waals surface area contributed by atoms with Crippen LogP contribution in [0.5, 0.6) is 5.75 Å². The first-order valence-corrected chi connectivity index (χ1v) is 10.4. The molecule has 3 heterocycles. The first-order chi connectivity index (χ1) is 15.3. The first-order valence-electron chi connectivity index (χ1n) is 10.4. The normalized spacial score (nSPS) is 24.0. The molecule has 2 aromatic rings. The Hall–Kier alpha value is -3.81. The van der Waals surface area contributed by atoms with Crippen LogP contribution in [0.3, 0.4) is 0 Å². The van der Waals surface area contributed by atoms with Crippen LogP contribution in [0.1, 0.15) is 35.5 Å². The number of nitrogens with zero attached hydrogens (tertiary/aromatic N) is 1. The fourth-order valence-corrected chi connectivity index (χ4v) is 4.48. The van der Waals surface area contributed by atoms with E-state index in [1.54, 1.807) is 30.2 Å². The molecule has 164 valence electrons. The standard InChI is InChI=1S/C24H23N3O5/c1-13-5-4-6-19-17(14(13)2)10-20(32-19)24(22(29)25-23(30)26-24)12-27-11-15-7-8-16(31-3)9-18(15)21(27)28/h4-10,13H,11-12H2,1-3H3,(H2,25,26,29,30). The van der Waals surface area contributed by atoms with Gasteiger partial charge in [-0.15, -0.1) is 0 Å².